The molecule has 0 spiro atoms. The largest absolute Gasteiger partial charge is 0.494 e. The highest BCUT2D eigenvalue weighted by atomic mass is 16.5. The highest BCUT2D eigenvalue weighted by Crippen LogP contribution is 2.18. The summed E-state index contributed by atoms with van der Waals surface area (Å²) in [5, 5.41) is 3.37. The molecule has 0 fully saturated rings. The van der Waals surface area contributed by atoms with Crippen LogP contribution in [0.4, 0.5) is 0 Å². The molecule has 2 rings (SSSR count). The highest BCUT2D eigenvalue weighted by Gasteiger charge is 2.18. The lowest BCUT2D eigenvalue weighted by Crippen LogP contribution is -2.29. The number of hydrogen-bond acceptors (Lipinski definition) is 5. The Labute approximate surface area is 241 Å². The van der Waals surface area contributed by atoms with Gasteiger partial charge in [0.05, 0.1) is 13.2 Å². The van der Waals surface area contributed by atoms with Gasteiger partial charge in [-0.25, -0.2) is 0 Å². The monoisotopic (exact) mass is 542 g/mol. The van der Waals surface area contributed by atoms with Gasteiger partial charge in [-0.1, -0.05) is 110 Å². The van der Waals surface area contributed by atoms with Crippen molar-refractivity contribution in [1.82, 2.24) is 10.2 Å². The first-order valence-corrected chi connectivity index (χ1v) is 16.8. The highest BCUT2D eigenvalue weighted by molar-refractivity contribution is 5.99. The lowest BCUT2D eigenvalue weighted by Gasteiger charge is -2.20. The fourth-order valence-electron chi connectivity index (χ4n) is 5.47. The summed E-state index contributed by atoms with van der Waals surface area (Å²) in [4.78, 5) is 7.23. The van der Waals surface area contributed by atoms with Crippen molar-refractivity contribution < 1.29 is 4.74 Å². The standard InChI is InChI=1S/C34H62N4O/c1-2-3-4-5-6-7-8-9-10-11-12-13-14-15-16-20-31-39-33-23-21-32(22-24-33)34-37-28-30-38(34)29-19-17-18-26-36-27-25-35/h21-24,36H,2-20,25-31,35H2,1H3. The minimum Gasteiger partial charge on any atom is -0.494 e. The first kappa shape index (κ1) is 33.6. The third-order valence-electron chi connectivity index (χ3n) is 7.91. The lowest BCUT2D eigenvalue weighted by atomic mass is 10.0. The summed E-state index contributed by atoms with van der Waals surface area (Å²) in [6.45, 7) is 8.86. The van der Waals surface area contributed by atoms with Crippen LogP contribution in [0.5, 0.6) is 5.75 Å². The average Bonchev–Trinajstić information content (AvgIpc) is 3.43. The van der Waals surface area contributed by atoms with Crippen molar-refractivity contribution in [3.05, 3.63) is 29.8 Å². The van der Waals surface area contributed by atoms with Crippen LogP contribution in [0, 0.1) is 0 Å². The van der Waals surface area contributed by atoms with Crippen LogP contribution >= 0.6 is 0 Å². The molecule has 5 nitrogen and oxygen atoms in total. The fourth-order valence-corrected chi connectivity index (χ4v) is 5.47. The maximum absolute atomic E-state index is 6.02. The van der Waals surface area contributed by atoms with E-state index in [1.165, 1.54) is 121 Å². The molecule has 0 saturated heterocycles. The number of hydrogen-bond donors (Lipinski definition) is 2. The number of rotatable bonds is 27. The van der Waals surface area contributed by atoms with Crippen LogP contribution in [-0.4, -0.2) is 56.6 Å². The Morgan fingerprint density at radius 2 is 1.28 bits per heavy atom. The Morgan fingerprint density at radius 1 is 0.718 bits per heavy atom. The fraction of sp³-hybridized carbons (Fsp3) is 0.794. The molecule has 1 heterocycles. The molecule has 0 aliphatic carbocycles. The molecule has 1 aliphatic rings. The number of nitrogens with one attached hydrogen (secondary N) is 1. The van der Waals surface area contributed by atoms with Crippen LogP contribution in [0.15, 0.2) is 29.3 Å². The summed E-state index contributed by atoms with van der Waals surface area (Å²) in [5.74, 6) is 2.13. The first-order valence-electron chi connectivity index (χ1n) is 16.8. The number of nitrogens with two attached hydrogens (primary N) is 1. The van der Waals surface area contributed by atoms with Gasteiger partial charge in [0, 0.05) is 31.7 Å². The zero-order chi connectivity index (χ0) is 27.6. The Morgan fingerprint density at radius 3 is 1.87 bits per heavy atom. The molecule has 0 amide bonds. The van der Waals surface area contributed by atoms with Gasteiger partial charge in [-0.2, -0.15) is 0 Å². The average molecular weight is 543 g/mol. The molecule has 0 aromatic heterocycles. The smallest absolute Gasteiger partial charge is 0.131 e. The van der Waals surface area contributed by atoms with E-state index in [1.54, 1.807) is 0 Å². The normalized spacial score (nSPS) is 13.3. The van der Waals surface area contributed by atoms with E-state index in [9.17, 15) is 0 Å². The van der Waals surface area contributed by atoms with Crippen LogP contribution in [0.3, 0.4) is 0 Å². The van der Waals surface area contributed by atoms with Crippen LogP contribution in [-0.2, 0) is 0 Å². The number of unbranched alkanes of at least 4 members (excludes halogenated alkanes) is 17. The van der Waals surface area contributed by atoms with Gasteiger partial charge in [0.2, 0.25) is 0 Å². The van der Waals surface area contributed by atoms with Crippen molar-refractivity contribution in [1.29, 1.82) is 0 Å². The van der Waals surface area contributed by atoms with E-state index in [0.717, 1.165) is 63.9 Å². The van der Waals surface area contributed by atoms with Gasteiger partial charge in [0.1, 0.15) is 11.6 Å². The van der Waals surface area contributed by atoms with Crippen molar-refractivity contribution in [2.75, 3.05) is 45.9 Å². The lowest BCUT2D eigenvalue weighted by molar-refractivity contribution is 0.304. The first-order chi connectivity index (χ1) is 19.3. The van der Waals surface area contributed by atoms with Crippen LogP contribution in [0.1, 0.15) is 134 Å². The summed E-state index contributed by atoms with van der Waals surface area (Å²) in [6.07, 6.45) is 26.1. The Hall–Kier alpha value is -1.59. The van der Waals surface area contributed by atoms with Gasteiger partial charge in [0.15, 0.2) is 0 Å². The Kier molecular flexibility index (Phi) is 20.9. The maximum atomic E-state index is 6.02. The van der Waals surface area contributed by atoms with E-state index >= 15 is 0 Å². The molecule has 0 bridgehead atoms. The van der Waals surface area contributed by atoms with Gasteiger partial charge in [-0.15, -0.1) is 0 Å². The molecular formula is C34H62N4O. The Bertz CT molecular complexity index is 706. The SMILES string of the molecule is CCCCCCCCCCCCCCCCCCOc1ccc(C2=NCCN2CCCCCNCCN)cc1. The third kappa shape index (κ3) is 17.0. The van der Waals surface area contributed by atoms with Crippen molar-refractivity contribution in [2.45, 2.75) is 129 Å². The molecule has 0 saturated carbocycles. The number of benzene rings is 1. The maximum Gasteiger partial charge on any atom is 0.131 e. The number of nitrogens with zero attached hydrogens (tertiary/aromatic N) is 2. The molecule has 1 aliphatic heterocycles. The second-order valence-corrected chi connectivity index (χ2v) is 11.5. The summed E-state index contributed by atoms with van der Waals surface area (Å²) in [5.41, 5.74) is 6.74. The third-order valence-corrected chi connectivity index (χ3v) is 7.91. The van der Waals surface area contributed by atoms with E-state index in [4.69, 9.17) is 15.5 Å². The van der Waals surface area contributed by atoms with Crippen molar-refractivity contribution in [3.8, 4) is 5.75 Å². The summed E-state index contributed by atoms with van der Waals surface area (Å²) in [7, 11) is 0. The van der Waals surface area contributed by atoms with Crippen molar-refractivity contribution in [3.63, 3.8) is 0 Å². The molecule has 0 unspecified atom stereocenters. The molecule has 5 heteroatoms. The molecule has 0 atom stereocenters. The summed E-state index contributed by atoms with van der Waals surface area (Å²) in [6, 6.07) is 8.58. The number of ether oxygens (including phenoxy) is 1. The van der Waals surface area contributed by atoms with Gasteiger partial charge in [-0.3, -0.25) is 4.99 Å². The van der Waals surface area contributed by atoms with E-state index < -0.39 is 0 Å². The number of aliphatic imine (C=N–C) groups is 1. The van der Waals surface area contributed by atoms with Crippen LogP contribution in [0.2, 0.25) is 0 Å². The summed E-state index contributed by atoms with van der Waals surface area (Å²) < 4.78 is 6.02. The van der Waals surface area contributed by atoms with E-state index in [0.29, 0.717) is 0 Å². The summed E-state index contributed by atoms with van der Waals surface area (Å²) >= 11 is 0. The predicted octanol–water partition coefficient (Wildman–Crippen LogP) is 8.11. The van der Waals surface area contributed by atoms with E-state index in [2.05, 4.69) is 41.4 Å². The molecule has 224 valence electrons. The Balaban J connectivity index is 1.42. The molecule has 3 N–H and O–H groups in total. The molecular weight excluding hydrogens is 480 g/mol. The van der Waals surface area contributed by atoms with E-state index in [-0.39, 0.29) is 0 Å². The zero-order valence-corrected chi connectivity index (χ0v) is 25.6. The van der Waals surface area contributed by atoms with Crippen LogP contribution < -0.4 is 15.8 Å². The topological polar surface area (TPSA) is 62.9 Å². The van der Waals surface area contributed by atoms with Crippen molar-refractivity contribution >= 4 is 5.84 Å². The van der Waals surface area contributed by atoms with Gasteiger partial charge in [0.25, 0.3) is 0 Å². The van der Waals surface area contributed by atoms with Crippen molar-refractivity contribution in [2.24, 2.45) is 10.7 Å². The molecule has 1 aromatic carbocycles. The van der Waals surface area contributed by atoms with E-state index in [1.807, 2.05) is 0 Å². The molecule has 0 radical (unpaired) electrons. The second kappa shape index (κ2) is 24.2. The minimum atomic E-state index is 0.719. The molecule has 1 aromatic rings. The van der Waals surface area contributed by atoms with Crippen LogP contribution in [0.25, 0.3) is 0 Å². The quantitative estimate of drug-likeness (QED) is 0.110. The molecule has 39 heavy (non-hydrogen) atoms. The van der Waals surface area contributed by atoms with Gasteiger partial charge in [-0.05, 0) is 50.1 Å². The van der Waals surface area contributed by atoms with Gasteiger partial charge < -0.3 is 20.7 Å². The number of amidine groups is 1. The zero-order valence-electron chi connectivity index (χ0n) is 25.6. The second-order valence-electron chi connectivity index (χ2n) is 11.5. The predicted molar refractivity (Wildman–Crippen MR) is 170 cm³/mol. The minimum absolute atomic E-state index is 0.719. The van der Waals surface area contributed by atoms with Gasteiger partial charge >= 0.3 is 0 Å².